The summed E-state index contributed by atoms with van der Waals surface area (Å²) in [5.41, 5.74) is 3.66. The van der Waals surface area contributed by atoms with Gasteiger partial charge in [0.05, 0.1) is 6.54 Å². The van der Waals surface area contributed by atoms with Gasteiger partial charge in [0.1, 0.15) is 5.82 Å². The van der Waals surface area contributed by atoms with Crippen LogP contribution >= 0.6 is 24.0 Å². The molecule has 3 heterocycles. The van der Waals surface area contributed by atoms with Crippen molar-refractivity contribution in [1.29, 1.82) is 0 Å². The Labute approximate surface area is 213 Å². The van der Waals surface area contributed by atoms with E-state index in [0.717, 1.165) is 44.5 Å². The monoisotopic (exact) mass is 560 g/mol. The van der Waals surface area contributed by atoms with Crippen LogP contribution in [0, 0.1) is 0 Å². The molecule has 0 saturated carbocycles. The molecule has 1 aliphatic rings. The second kappa shape index (κ2) is 12.5. The molecule has 0 bridgehead atoms. The van der Waals surface area contributed by atoms with E-state index in [1.54, 1.807) is 13.2 Å². The smallest absolute Gasteiger partial charge is 0.191 e. The number of aliphatic imine (C=N–C) groups is 1. The summed E-state index contributed by atoms with van der Waals surface area (Å²) in [6, 6.07) is 14.6. The first-order chi connectivity index (χ1) is 15.7. The highest BCUT2D eigenvalue weighted by Crippen LogP contribution is 2.15. The van der Waals surface area contributed by atoms with Crippen LogP contribution in [0.15, 0.2) is 66.0 Å². The van der Waals surface area contributed by atoms with E-state index in [0.29, 0.717) is 13.1 Å². The largest absolute Gasteiger partial charge is 0.354 e. The summed E-state index contributed by atoms with van der Waals surface area (Å²) in [7, 11) is 3.96. The van der Waals surface area contributed by atoms with E-state index in [2.05, 4.69) is 79.0 Å². The lowest BCUT2D eigenvalue weighted by atomic mass is 10.1. The van der Waals surface area contributed by atoms with Gasteiger partial charge >= 0.3 is 0 Å². The number of hydrogen-bond acceptors (Lipinski definition) is 5. The van der Waals surface area contributed by atoms with Gasteiger partial charge in [-0.05, 0) is 41.9 Å². The number of halogens is 1. The van der Waals surface area contributed by atoms with Crippen LogP contribution in [0.3, 0.4) is 0 Å². The quantitative estimate of drug-likeness (QED) is 0.263. The van der Waals surface area contributed by atoms with Crippen molar-refractivity contribution in [1.82, 2.24) is 30.3 Å². The Kier molecular flexibility index (Phi) is 9.49. The number of likely N-dealkylation sites (N-methyl/N-ethyl adjacent to an activating group) is 1. The molecule has 0 aliphatic carbocycles. The maximum absolute atomic E-state index is 4.58. The SMILES string of the molecule is CN=C(NCc1ccnc(N2CCN(C)CC2)c1)NCc1ccccc1Cn1cccn1.I. The Bertz CT molecular complexity index is 1010. The minimum Gasteiger partial charge on any atom is -0.354 e. The molecule has 176 valence electrons. The summed E-state index contributed by atoms with van der Waals surface area (Å²) >= 11 is 0. The first-order valence-electron chi connectivity index (χ1n) is 11.1. The third-order valence-corrected chi connectivity index (χ3v) is 5.78. The molecule has 3 aromatic rings. The molecule has 1 aromatic carbocycles. The van der Waals surface area contributed by atoms with E-state index in [4.69, 9.17) is 0 Å². The van der Waals surface area contributed by atoms with Crippen LogP contribution in [0.2, 0.25) is 0 Å². The molecule has 0 amide bonds. The molecule has 0 unspecified atom stereocenters. The topological polar surface area (TPSA) is 73.6 Å². The summed E-state index contributed by atoms with van der Waals surface area (Å²) in [5, 5.41) is 11.2. The molecule has 0 atom stereocenters. The van der Waals surface area contributed by atoms with Crippen molar-refractivity contribution in [2.24, 2.45) is 4.99 Å². The zero-order chi connectivity index (χ0) is 22.2. The number of rotatable bonds is 7. The minimum absolute atomic E-state index is 0. The van der Waals surface area contributed by atoms with E-state index in [1.165, 1.54) is 16.7 Å². The number of aromatic nitrogens is 3. The van der Waals surface area contributed by atoms with Crippen molar-refractivity contribution in [2.45, 2.75) is 19.6 Å². The first kappa shape index (κ1) is 25.0. The first-order valence-corrected chi connectivity index (χ1v) is 11.1. The van der Waals surface area contributed by atoms with Gasteiger partial charge in [0.15, 0.2) is 5.96 Å². The minimum atomic E-state index is 0. The number of piperazine rings is 1. The van der Waals surface area contributed by atoms with Crippen LogP contribution in [0.25, 0.3) is 0 Å². The third-order valence-electron chi connectivity index (χ3n) is 5.78. The fourth-order valence-electron chi connectivity index (χ4n) is 3.82. The molecule has 2 N–H and O–H groups in total. The Hall–Kier alpha value is -2.66. The summed E-state index contributed by atoms with van der Waals surface area (Å²) in [6.45, 7) is 6.31. The average molecular weight is 560 g/mol. The van der Waals surface area contributed by atoms with E-state index >= 15 is 0 Å². The van der Waals surface area contributed by atoms with Crippen molar-refractivity contribution < 1.29 is 0 Å². The van der Waals surface area contributed by atoms with Crippen LogP contribution in [0.4, 0.5) is 5.82 Å². The van der Waals surface area contributed by atoms with Crippen molar-refractivity contribution in [3.05, 3.63) is 77.7 Å². The summed E-state index contributed by atoms with van der Waals surface area (Å²) in [5.74, 6) is 1.82. The second-order valence-corrected chi connectivity index (χ2v) is 8.06. The molecule has 1 saturated heterocycles. The lowest BCUT2D eigenvalue weighted by Crippen LogP contribution is -2.44. The lowest BCUT2D eigenvalue weighted by molar-refractivity contribution is 0.312. The molecule has 1 fully saturated rings. The number of hydrogen-bond donors (Lipinski definition) is 2. The Morgan fingerprint density at radius 3 is 2.45 bits per heavy atom. The van der Waals surface area contributed by atoms with Crippen molar-refractivity contribution >= 4 is 35.8 Å². The maximum Gasteiger partial charge on any atom is 0.191 e. The zero-order valence-corrected chi connectivity index (χ0v) is 21.6. The van der Waals surface area contributed by atoms with Crippen LogP contribution in [-0.4, -0.2) is 65.9 Å². The molecule has 33 heavy (non-hydrogen) atoms. The molecule has 8 nitrogen and oxygen atoms in total. The highest BCUT2D eigenvalue weighted by atomic mass is 127. The normalized spacial score (nSPS) is 14.6. The number of benzene rings is 1. The summed E-state index contributed by atoms with van der Waals surface area (Å²) in [4.78, 5) is 13.7. The van der Waals surface area contributed by atoms with Gasteiger partial charge in [0, 0.05) is 64.9 Å². The molecular formula is C24H33IN8. The highest BCUT2D eigenvalue weighted by Gasteiger charge is 2.15. The lowest BCUT2D eigenvalue weighted by Gasteiger charge is -2.33. The van der Waals surface area contributed by atoms with Crippen LogP contribution in [-0.2, 0) is 19.6 Å². The number of nitrogens with one attached hydrogen (secondary N) is 2. The van der Waals surface area contributed by atoms with Gasteiger partial charge in [-0.2, -0.15) is 5.10 Å². The number of guanidine groups is 1. The average Bonchev–Trinajstić information content (AvgIpc) is 3.34. The third kappa shape index (κ3) is 7.16. The van der Waals surface area contributed by atoms with Crippen molar-refractivity contribution in [2.75, 3.05) is 45.2 Å². The zero-order valence-electron chi connectivity index (χ0n) is 19.3. The Morgan fingerprint density at radius 2 is 1.73 bits per heavy atom. The molecule has 0 spiro atoms. The number of anilines is 1. The summed E-state index contributed by atoms with van der Waals surface area (Å²) in [6.07, 6.45) is 5.68. The van der Waals surface area contributed by atoms with E-state index in [9.17, 15) is 0 Å². The van der Waals surface area contributed by atoms with Crippen LogP contribution in [0.5, 0.6) is 0 Å². The molecule has 0 radical (unpaired) electrons. The van der Waals surface area contributed by atoms with Crippen LogP contribution < -0.4 is 15.5 Å². The Morgan fingerprint density at radius 1 is 0.970 bits per heavy atom. The number of pyridine rings is 1. The Balaban J connectivity index is 0.00000306. The van der Waals surface area contributed by atoms with Crippen LogP contribution in [0.1, 0.15) is 16.7 Å². The summed E-state index contributed by atoms with van der Waals surface area (Å²) < 4.78 is 1.94. The van der Waals surface area contributed by atoms with Gasteiger partial charge in [-0.3, -0.25) is 9.67 Å². The molecule has 4 rings (SSSR count). The van der Waals surface area contributed by atoms with Crippen molar-refractivity contribution in [3.63, 3.8) is 0 Å². The number of nitrogens with zero attached hydrogens (tertiary/aromatic N) is 6. The predicted molar refractivity (Wildman–Crippen MR) is 144 cm³/mol. The van der Waals surface area contributed by atoms with Crippen molar-refractivity contribution in [3.8, 4) is 0 Å². The standard InChI is InChI=1S/C24H32N8.HI/c1-25-24(28-18-21-6-3-4-7-22(21)19-32-11-5-9-29-32)27-17-20-8-10-26-23(16-20)31-14-12-30(2)13-15-31;/h3-11,16H,12-15,17-19H2,1-2H3,(H2,25,27,28);1H. The predicted octanol–water partition coefficient (Wildman–Crippen LogP) is 2.56. The second-order valence-electron chi connectivity index (χ2n) is 8.06. The van der Waals surface area contributed by atoms with Gasteiger partial charge in [0.25, 0.3) is 0 Å². The molecular weight excluding hydrogens is 527 g/mol. The van der Waals surface area contributed by atoms with E-state index in [-0.39, 0.29) is 24.0 Å². The molecule has 9 heteroatoms. The highest BCUT2D eigenvalue weighted by molar-refractivity contribution is 14.0. The molecule has 1 aliphatic heterocycles. The van der Waals surface area contributed by atoms with E-state index in [1.807, 2.05) is 23.1 Å². The van der Waals surface area contributed by atoms with Gasteiger partial charge in [0.2, 0.25) is 0 Å². The molecule has 2 aromatic heterocycles. The van der Waals surface area contributed by atoms with Gasteiger partial charge in [-0.15, -0.1) is 24.0 Å². The fourth-order valence-corrected chi connectivity index (χ4v) is 3.82. The van der Waals surface area contributed by atoms with Gasteiger partial charge in [-0.1, -0.05) is 24.3 Å². The van der Waals surface area contributed by atoms with Gasteiger partial charge < -0.3 is 20.4 Å². The van der Waals surface area contributed by atoms with E-state index < -0.39 is 0 Å². The maximum atomic E-state index is 4.58. The fraction of sp³-hybridized carbons (Fsp3) is 0.375. The van der Waals surface area contributed by atoms with Gasteiger partial charge in [-0.25, -0.2) is 4.98 Å².